The van der Waals surface area contributed by atoms with Crippen LogP contribution in [0.3, 0.4) is 0 Å². The number of aryl methyl sites for hydroxylation is 1. The van der Waals surface area contributed by atoms with Crippen LogP contribution in [0.1, 0.15) is 16.2 Å². The first-order valence-electron chi connectivity index (χ1n) is 5.20. The number of nitrogens with zero attached hydrogens (tertiary/aromatic N) is 3. The molecule has 0 aliphatic carbocycles. The Hall–Kier alpha value is -2.17. The molecule has 0 N–H and O–H groups in total. The topological polar surface area (TPSA) is 59.2 Å². The molecule has 0 aliphatic heterocycles. The van der Waals surface area contributed by atoms with E-state index >= 15 is 0 Å². The summed E-state index contributed by atoms with van der Waals surface area (Å²) in [5.41, 5.74) is 1.94. The molecule has 2 aromatic rings. The molecule has 1 aromatic carbocycles. The summed E-state index contributed by atoms with van der Waals surface area (Å²) < 4.78 is 4.93. The molecule has 0 unspecified atom stereocenters. The average molecular weight is 231 g/mol. The SMILES string of the molecule is Cc1cccc(-c2noc(C(=O)N(C)C)n2)c1. The van der Waals surface area contributed by atoms with Crippen molar-refractivity contribution in [2.24, 2.45) is 0 Å². The van der Waals surface area contributed by atoms with Crippen molar-refractivity contribution in [3.8, 4) is 11.4 Å². The first-order valence-corrected chi connectivity index (χ1v) is 5.20. The van der Waals surface area contributed by atoms with Crippen LogP contribution in [0.25, 0.3) is 11.4 Å². The lowest BCUT2D eigenvalue weighted by Crippen LogP contribution is -2.21. The first-order chi connectivity index (χ1) is 8.08. The summed E-state index contributed by atoms with van der Waals surface area (Å²) in [5.74, 6) is 0.141. The van der Waals surface area contributed by atoms with Gasteiger partial charge in [0.2, 0.25) is 5.82 Å². The number of hydrogen-bond donors (Lipinski definition) is 0. The second-order valence-corrected chi connectivity index (χ2v) is 3.99. The van der Waals surface area contributed by atoms with Gasteiger partial charge in [-0.15, -0.1) is 0 Å². The molecule has 0 atom stereocenters. The van der Waals surface area contributed by atoms with E-state index in [0.29, 0.717) is 5.82 Å². The molecule has 2 rings (SSSR count). The number of hydrogen-bond acceptors (Lipinski definition) is 4. The van der Waals surface area contributed by atoms with Crippen LogP contribution in [0.2, 0.25) is 0 Å². The molecule has 0 saturated heterocycles. The molecule has 0 radical (unpaired) electrons. The molecule has 1 amide bonds. The van der Waals surface area contributed by atoms with Crippen molar-refractivity contribution in [1.29, 1.82) is 0 Å². The number of benzene rings is 1. The fourth-order valence-electron chi connectivity index (χ4n) is 1.40. The minimum atomic E-state index is -0.295. The maximum Gasteiger partial charge on any atom is 0.316 e. The summed E-state index contributed by atoms with van der Waals surface area (Å²) in [5, 5.41) is 3.80. The number of carbonyl (C=O) groups excluding carboxylic acids is 1. The van der Waals surface area contributed by atoms with Crippen molar-refractivity contribution < 1.29 is 9.32 Å². The zero-order chi connectivity index (χ0) is 12.4. The summed E-state index contributed by atoms with van der Waals surface area (Å²) in [6, 6.07) is 7.71. The van der Waals surface area contributed by atoms with Gasteiger partial charge in [-0.25, -0.2) is 0 Å². The highest BCUT2D eigenvalue weighted by atomic mass is 16.5. The van der Waals surface area contributed by atoms with Gasteiger partial charge in [-0.05, 0) is 13.0 Å². The minimum absolute atomic E-state index is 0.00602. The van der Waals surface area contributed by atoms with Gasteiger partial charge in [-0.3, -0.25) is 4.79 Å². The highest BCUT2D eigenvalue weighted by Gasteiger charge is 2.17. The molecule has 0 aliphatic rings. The Labute approximate surface area is 99.1 Å². The van der Waals surface area contributed by atoms with Crippen molar-refractivity contribution in [2.45, 2.75) is 6.92 Å². The summed E-state index contributed by atoms with van der Waals surface area (Å²) in [4.78, 5) is 17.1. The van der Waals surface area contributed by atoms with E-state index in [0.717, 1.165) is 11.1 Å². The van der Waals surface area contributed by atoms with E-state index in [-0.39, 0.29) is 11.8 Å². The van der Waals surface area contributed by atoms with Crippen LogP contribution in [0.15, 0.2) is 28.8 Å². The van der Waals surface area contributed by atoms with Crippen LogP contribution >= 0.6 is 0 Å². The zero-order valence-corrected chi connectivity index (χ0v) is 9.97. The number of aromatic nitrogens is 2. The lowest BCUT2D eigenvalue weighted by atomic mass is 10.1. The van der Waals surface area contributed by atoms with Gasteiger partial charge in [-0.2, -0.15) is 4.98 Å². The molecule has 0 bridgehead atoms. The van der Waals surface area contributed by atoms with Crippen molar-refractivity contribution in [1.82, 2.24) is 15.0 Å². The zero-order valence-electron chi connectivity index (χ0n) is 9.97. The maximum absolute atomic E-state index is 11.6. The Kier molecular flexibility index (Phi) is 2.91. The van der Waals surface area contributed by atoms with Crippen LogP contribution in [0, 0.1) is 6.92 Å². The molecule has 17 heavy (non-hydrogen) atoms. The predicted octanol–water partition coefficient (Wildman–Crippen LogP) is 1.75. The van der Waals surface area contributed by atoms with Gasteiger partial charge in [-0.1, -0.05) is 28.9 Å². The van der Waals surface area contributed by atoms with Gasteiger partial charge < -0.3 is 9.42 Å². The van der Waals surface area contributed by atoms with Crippen molar-refractivity contribution >= 4 is 5.91 Å². The van der Waals surface area contributed by atoms with Gasteiger partial charge >= 0.3 is 11.8 Å². The number of amides is 1. The number of carbonyl (C=O) groups is 1. The van der Waals surface area contributed by atoms with Crippen LogP contribution in [0.5, 0.6) is 0 Å². The standard InChI is InChI=1S/C12H13N3O2/c1-8-5-4-6-9(7-8)10-13-11(17-14-10)12(16)15(2)3/h4-7H,1-3H3. The monoisotopic (exact) mass is 231 g/mol. The van der Waals surface area contributed by atoms with Gasteiger partial charge in [0.25, 0.3) is 0 Å². The largest absolute Gasteiger partial charge is 0.341 e. The summed E-state index contributed by atoms with van der Waals surface area (Å²) in [6.07, 6.45) is 0. The van der Waals surface area contributed by atoms with Crippen LogP contribution in [-0.4, -0.2) is 35.0 Å². The Bertz CT molecular complexity index is 546. The minimum Gasteiger partial charge on any atom is -0.341 e. The van der Waals surface area contributed by atoms with E-state index in [9.17, 15) is 4.79 Å². The third-order valence-electron chi connectivity index (χ3n) is 2.29. The predicted molar refractivity (Wildman–Crippen MR) is 62.5 cm³/mol. The van der Waals surface area contributed by atoms with Gasteiger partial charge in [0.15, 0.2) is 0 Å². The molecule has 0 spiro atoms. The summed E-state index contributed by atoms with van der Waals surface area (Å²) in [7, 11) is 3.28. The van der Waals surface area contributed by atoms with E-state index in [1.807, 2.05) is 31.2 Å². The second kappa shape index (κ2) is 4.37. The Morgan fingerprint density at radius 3 is 2.76 bits per heavy atom. The van der Waals surface area contributed by atoms with Crippen molar-refractivity contribution in [3.63, 3.8) is 0 Å². The van der Waals surface area contributed by atoms with Gasteiger partial charge in [0, 0.05) is 19.7 Å². The molecule has 0 fully saturated rings. The van der Waals surface area contributed by atoms with E-state index in [1.54, 1.807) is 14.1 Å². The Morgan fingerprint density at radius 1 is 1.35 bits per heavy atom. The third kappa shape index (κ3) is 2.33. The van der Waals surface area contributed by atoms with Gasteiger partial charge in [0.1, 0.15) is 0 Å². The molecule has 1 aromatic heterocycles. The molecule has 88 valence electrons. The van der Waals surface area contributed by atoms with E-state index in [1.165, 1.54) is 4.90 Å². The van der Waals surface area contributed by atoms with E-state index in [4.69, 9.17) is 4.52 Å². The van der Waals surface area contributed by atoms with Crippen LogP contribution < -0.4 is 0 Å². The smallest absolute Gasteiger partial charge is 0.316 e. The molecule has 5 heteroatoms. The van der Waals surface area contributed by atoms with Crippen molar-refractivity contribution in [3.05, 3.63) is 35.7 Å². The molecule has 1 heterocycles. The van der Waals surface area contributed by atoms with E-state index in [2.05, 4.69) is 10.1 Å². The average Bonchev–Trinajstić information content (AvgIpc) is 2.77. The highest BCUT2D eigenvalue weighted by Crippen LogP contribution is 2.17. The lowest BCUT2D eigenvalue weighted by molar-refractivity contribution is 0.0779. The second-order valence-electron chi connectivity index (χ2n) is 3.99. The van der Waals surface area contributed by atoms with Crippen molar-refractivity contribution in [2.75, 3.05) is 14.1 Å². The molecule has 0 saturated carbocycles. The molecular formula is C12H13N3O2. The Balaban J connectivity index is 2.33. The fraction of sp³-hybridized carbons (Fsp3) is 0.250. The Morgan fingerprint density at radius 2 is 2.12 bits per heavy atom. The molecular weight excluding hydrogens is 218 g/mol. The highest BCUT2D eigenvalue weighted by molar-refractivity contribution is 5.89. The van der Waals surface area contributed by atoms with Crippen LogP contribution in [-0.2, 0) is 0 Å². The fourth-order valence-corrected chi connectivity index (χ4v) is 1.40. The number of rotatable bonds is 2. The third-order valence-corrected chi connectivity index (χ3v) is 2.29. The normalized spacial score (nSPS) is 10.3. The summed E-state index contributed by atoms with van der Waals surface area (Å²) >= 11 is 0. The maximum atomic E-state index is 11.6. The van der Waals surface area contributed by atoms with Gasteiger partial charge in [0.05, 0.1) is 0 Å². The lowest BCUT2D eigenvalue weighted by Gasteiger charge is -2.04. The quantitative estimate of drug-likeness (QED) is 0.790. The molecule has 5 nitrogen and oxygen atoms in total. The van der Waals surface area contributed by atoms with E-state index < -0.39 is 0 Å². The summed E-state index contributed by atoms with van der Waals surface area (Å²) in [6.45, 7) is 1.98. The first kappa shape index (κ1) is 11.3. The van der Waals surface area contributed by atoms with Crippen LogP contribution in [0.4, 0.5) is 0 Å².